The van der Waals surface area contributed by atoms with Gasteiger partial charge in [0.1, 0.15) is 18.1 Å². The molecule has 3 N–H and O–H groups in total. The van der Waals surface area contributed by atoms with Crippen molar-refractivity contribution < 1.29 is 19.5 Å². The highest BCUT2D eigenvalue weighted by Crippen LogP contribution is 2.15. The van der Waals surface area contributed by atoms with Gasteiger partial charge in [-0.1, -0.05) is 11.6 Å². The van der Waals surface area contributed by atoms with E-state index in [0.29, 0.717) is 11.1 Å². The molecule has 2 amide bonds. The largest absolute Gasteiger partial charge is 0.476 e. The van der Waals surface area contributed by atoms with Crippen molar-refractivity contribution in [2.45, 2.75) is 45.3 Å². The maximum Gasteiger partial charge on any atom is 0.356 e. The number of carboxylic acid groups (broad SMARTS) is 1. The molecule has 2 aromatic rings. The Morgan fingerprint density at radius 3 is 2.55 bits per heavy atom. The van der Waals surface area contributed by atoms with Crippen molar-refractivity contribution in [2.75, 3.05) is 18.4 Å². The number of piperidine rings is 1. The maximum atomic E-state index is 12.8. The second-order valence-corrected chi connectivity index (χ2v) is 8.10. The monoisotopic (exact) mass is 448 g/mol. The number of amides is 2. The molecule has 11 heteroatoms. The summed E-state index contributed by atoms with van der Waals surface area (Å²) in [6, 6.07) is 4.71. The standard InChI is InChI=1S/C20H25ClN6O4/c1-12(2)26-7-5-14(6-8-26)23-19(29)16-9-15(20(30)31)25-27(16)11-18(28)24-17-4-3-13(21)10-22-17/h3-4,9-10,12,14H,5-8,11H2,1-2H3,(H,23,29)(H,30,31)(H,22,24,28). The van der Waals surface area contributed by atoms with Crippen molar-refractivity contribution in [3.05, 3.63) is 40.8 Å². The summed E-state index contributed by atoms with van der Waals surface area (Å²) in [4.78, 5) is 42.9. The molecule has 166 valence electrons. The first-order valence-corrected chi connectivity index (χ1v) is 10.4. The lowest BCUT2D eigenvalue weighted by Gasteiger charge is -2.34. The molecular weight excluding hydrogens is 424 g/mol. The first-order valence-electron chi connectivity index (χ1n) is 10.0. The highest BCUT2D eigenvalue weighted by Gasteiger charge is 2.25. The van der Waals surface area contributed by atoms with Crippen LogP contribution in [0.2, 0.25) is 5.02 Å². The summed E-state index contributed by atoms with van der Waals surface area (Å²) >= 11 is 5.78. The van der Waals surface area contributed by atoms with E-state index in [1.165, 1.54) is 18.3 Å². The Kier molecular flexibility index (Phi) is 7.24. The van der Waals surface area contributed by atoms with Crippen LogP contribution in [0.1, 0.15) is 47.7 Å². The van der Waals surface area contributed by atoms with Crippen LogP contribution in [-0.4, -0.2) is 67.7 Å². The number of carboxylic acids is 1. The van der Waals surface area contributed by atoms with Gasteiger partial charge < -0.3 is 20.6 Å². The van der Waals surface area contributed by atoms with Gasteiger partial charge in [0, 0.05) is 37.4 Å². The number of carbonyl (C=O) groups is 3. The van der Waals surface area contributed by atoms with Gasteiger partial charge in [0.15, 0.2) is 5.69 Å². The molecule has 0 spiro atoms. The number of hydrogen-bond acceptors (Lipinski definition) is 6. The molecule has 3 heterocycles. The van der Waals surface area contributed by atoms with Crippen molar-refractivity contribution >= 4 is 35.2 Å². The van der Waals surface area contributed by atoms with E-state index in [1.807, 2.05) is 0 Å². The normalized spacial score (nSPS) is 15.1. The molecule has 1 fully saturated rings. The summed E-state index contributed by atoms with van der Waals surface area (Å²) in [6.45, 7) is 5.68. The Bertz CT molecular complexity index is 951. The minimum Gasteiger partial charge on any atom is -0.476 e. The number of anilines is 1. The molecule has 1 aliphatic rings. The van der Waals surface area contributed by atoms with E-state index in [1.54, 1.807) is 6.07 Å². The molecule has 0 saturated carbocycles. The van der Waals surface area contributed by atoms with Crippen LogP contribution < -0.4 is 10.6 Å². The first-order chi connectivity index (χ1) is 14.7. The van der Waals surface area contributed by atoms with Gasteiger partial charge in [-0.05, 0) is 38.8 Å². The number of likely N-dealkylation sites (tertiary alicyclic amines) is 1. The number of carbonyl (C=O) groups excluding carboxylic acids is 2. The summed E-state index contributed by atoms with van der Waals surface area (Å²) in [5.74, 6) is -1.96. The Labute approximate surface area is 184 Å². The molecule has 1 aliphatic heterocycles. The average molecular weight is 449 g/mol. The lowest BCUT2D eigenvalue weighted by Crippen LogP contribution is -2.47. The smallest absolute Gasteiger partial charge is 0.356 e. The molecule has 0 bridgehead atoms. The van der Waals surface area contributed by atoms with Crippen LogP contribution in [0.5, 0.6) is 0 Å². The lowest BCUT2D eigenvalue weighted by molar-refractivity contribution is -0.116. The molecule has 0 unspecified atom stereocenters. The van der Waals surface area contributed by atoms with E-state index in [9.17, 15) is 19.5 Å². The fourth-order valence-electron chi connectivity index (χ4n) is 3.41. The number of pyridine rings is 1. The summed E-state index contributed by atoms with van der Waals surface area (Å²) in [7, 11) is 0. The molecule has 0 aliphatic carbocycles. The van der Waals surface area contributed by atoms with Gasteiger partial charge >= 0.3 is 5.97 Å². The molecular formula is C20H25ClN6O4. The summed E-state index contributed by atoms with van der Waals surface area (Å²) in [5, 5.41) is 19.1. The number of aromatic carboxylic acids is 1. The van der Waals surface area contributed by atoms with Crippen LogP contribution in [0.4, 0.5) is 5.82 Å². The van der Waals surface area contributed by atoms with E-state index in [0.717, 1.165) is 30.6 Å². The quantitative estimate of drug-likeness (QED) is 0.589. The molecule has 31 heavy (non-hydrogen) atoms. The van der Waals surface area contributed by atoms with Gasteiger partial charge in [0.05, 0.1) is 5.02 Å². The molecule has 10 nitrogen and oxygen atoms in total. The number of rotatable bonds is 7. The van der Waals surface area contributed by atoms with Crippen molar-refractivity contribution in [1.29, 1.82) is 0 Å². The minimum atomic E-state index is -1.28. The third-order valence-electron chi connectivity index (χ3n) is 5.12. The SMILES string of the molecule is CC(C)N1CCC(NC(=O)c2cc(C(=O)O)nn2CC(=O)Nc2ccc(Cl)cn2)CC1. The van der Waals surface area contributed by atoms with E-state index < -0.39 is 17.8 Å². The van der Waals surface area contributed by atoms with Gasteiger partial charge in [-0.15, -0.1) is 0 Å². The van der Waals surface area contributed by atoms with Crippen LogP contribution in [0, 0.1) is 0 Å². The van der Waals surface area contributed by atoms with Crippen molar-refractivity contribution in [3.8, 4) is 0 Å². The summed E-state index contributed by atoms with van der Waals surface area (Å²) in [6.07, 6.45) is 2.98. The number of aromatic nitrogens is 3. The van der Waals surface area contributed by atoms with Crippen molar-refractivity contribution in [2.24, 2.45) is 0 Å². The third-order valence-corrected chi connectivity index (χ3v) is 5.34. The maximum absolute atomic E-state index is 12.8. The Balaban J connectivity index is 1.68. The number of nitrogens with zero attached hydrogens (tertiary/aromatic N) is 4. The third kappa shape index (κ3) is 6.02. The van der Waals surface area contributed by atoms with Crippen LogP contribution in [-0.2, 0) is 11.3 Å². The number of halogens is 1. The van der Waals surface area contributed by atoms with Crippen LogP contribution in [0.25, 0.3) is 0 Å². The first kappa shape index (κ1) is 22.7. The minimum absolute atomic E-state index is 0.0166. The zero-order valence-electron chi connectivity index (χ0n) is 17.3. The molecule has 3 rings (SSSR count). The van der Waals surface area contributed by atoms with Crippen LogP contribution >= 0.6 is 11.6 Å². The van der Waals surface area contributed by atoms with E-state index >= 15 is 0 Å². The van der Waals surface area contributed by atoms with Crippen molar-refractivity contribution in [1.82, 2.24) is 25.0 Å². The van der Waals surface area contributed by atoms with Gasteiger partial charge in [-0.3, -0.25) is 9.59 Å². The Hall–Kier alpha value is -2.98. The number of hydrogen-bond donors (Lipinski definition) is 3. The summed E-state index contributed by atoms with van der Waals surface area (Å²) in [5.41, 5.74) is -0.292. The predicted octanol–water partition coefficient (Wildman–Crippen LogP) is 1.87. The zero-order chi connectivity index (χ0) is 22.5. The molecule has 0 aromatic carbocycles. The van der Waals surface area contributed by atoms with Crippen LogP contribution in [0.3, 0.4) is 0 Å². The summed E-state index contributed by atoms with van der Waals surface area (Å²) < 4.78 is 1.09. The second-order valence-electron chi connectivity index (χ2n) is 7.66. The lowest BCUT2D eigenvalue weighted by atomic mass is 10.0. The van der Waals surface area contributed by atoms with Gasteiger partial charge in [0.25, 0.3) is 5.91 Å². The Morgan fingerprint density at radius 1 is 1.26 bits per heavy atom. The van der Waals surface area contributed by atoms with Crippen molar-refractivity contribution in [3.63, 3.8) is 0 Å². The van der Waals surface area contributed by atoms with Crippen LogP contribution in [0.15, 0.2) is 24.4 Å². The number of nitrogens with one attached hydrogen (secondary N) is 2. The highest BCUT2D eigenvalue weighted by molar-refractivity contribution is 6.30. The van der Waals surface area contributed by atoms with Gasteiger partial charge in [0.2, 0.25) is 5.91 Å². The fourth-order valence-corrected chi connectivity index (χ4v) is 3.52. The van der Waals surface area contributed by atoms with E-state index in [4.69, 9.17) is 11.6 Å². The molecule has 0 atom stereocenters. The Morgan fingerprint density at radius 2 is 1.97 bits per heavy atom. The molecule has 0 radical (unpaired) electrons. The molecule has 1 saturated heterocycles. The van der Waals surface area contributed by atoms with E-state index in [2.05, 4.69) is 39.5 Å². The topological polar surface area (TPSA) is 129 Å². The van der Waals surface area contributed by atoms with E-state index in [-0.39, 0.29) is 29.8 Å². The fraction of sp³-hybridized carbons (Fsp3) is 0.450. The average Bonchev–Trinajstić information content (AvgIpc) is 3.14. The highest BCUT2D eigenvalue weighted by atomic mass is 35.5. The molecule has 2 aromatic heterocycles. The van der Waals surface area contributed by atoms with Gasteiger partial charge in [-0.25, -0.2) is 14.5 Å². The second kappa shape index (κ2) is 9.88. The predicted molar refractivity (Wildman–Crippen MR) is 114 cm³/mol. The zero-order valence-corrected chi connectivity index (χ0v) is 18.1. The van der Waals surface area contributed by atoms with Gasteiger partial charge in [-0.2, -0.15) is 5.10 Å².